The van der Waals surface area contributed by atoms with Crippen molar-refractivity contribution in [1.82, 2.24) is 5.32 Å². The molecule has 0 aliphatic carbocycles. The summed E-state index contributed by atoms with van der Waals surface area (Å²) < 4.78 is -0.803. The number of fused-ring (bicyclic) bond motifs is 1. The molecule has 1 unspecified atom stereocenters. The van der Waals surface area contributed by atoms with Gasteiger partial charge in [-0.25, -0.2) is 0 Å². The number of carbonyl (C=O) groups is 2. The van der Waals surface area contributed by atoms with Crippen molar-refractivity contribution < 1.29 is 9.59 Å². The molecule has 1 aromatic carbocycles. The molecule has 2 aliphatic heterocycles. The molecule has 1 fully saturated rings. The van der Waals surface area contributed by atoms with Crippen LogP contribution in [0.4, 0.5) is 5.69 Å². The molecule has 0 radical (unpaired) electrons. The predicted octanol–water partition coefficient (Wildman–Crippen LogP) is 5.08. The number of anilines is 1. The van der Waals surface area contributed by atoms with Crippen LogP contribution in [0.1, 0.15) is 77.7 Å². The van der Waals surface area contributed by atoms with Gasteiger partial charge in [-0.3, -0.25) is 14.6 Å². The van der Waals surface area contributed by atoms with Gasteiger partial charge in [-0.05, 0) is 44.2 Å². The molecule has 3 rings (SSSR count). The second-order valence-electron chi connectivity index (χ2n) is 8.61. The predicted molar refractivity (Wildman–Crippen MR) is 126 cm³/mol. The summed E-state index contributed by atoms with van der Waals surface area (Å²) in [6.07, 6.45) is 8.84. The van der Waals surface area contributed by atoms with Crippen LogP contribution < -0.4 is 10.2 Å². The van der Waals surface area contributed by atoms with E-state index in [1.54, 1.807) is 0 Å². The van der Waals surface area contributed by atoms with E-state index in [4.69, 9.17) is 4.99 Å². The Morgan fingerprint density at radius 3 is 2.63 bits per heavy atom. The maximum atomic E-state index is 13.2. The fourth-order valence-corrected chi connectivity index (χ4v) is 5.30. The van der Waals surface area contributed by atoms with Crippen molar-refractivity contribution in [2.24, 2.45) is 4.99 Å². The SMILES string of the molecule is CCCCC(CCCC)N=C1NC(=O)C(C)(CC(=O)N2CCCc3ccccc32)S1. The summed E-state index contributed by atoms with van der Waals surface area (Å²) in [5.41, 5.74) is 2.21. The van der Waals surface area contributed by atoms with Crippen LogP contribution >= 0.6 is 11.8 Å². The number of amidine groups is 1. The Balaban J connectivity index is 1.69. The zero-order valence-electron chi connectivity index (χ0n) is 18.6. The zero-order chi connectivity index (χ0) is 21.6. The average Bonchev–Trinajstić information content (AvgIpc) is 3.02. The molecule has 2 heterocycles. The van der Waals surface area contributed by atoms with Crippen molar-refractivity contribution >= 4 is 34.4 Å². The molecule has 2 aliphatic rings. The Labute approximate surface area is 185 Å². The molecule has 1 saturated heterocycles. The molecular weight excluding hydrogens is 394 g/mol. The van der Waals surface area contributed by atoms with E-state index in [9.17, 15) is 9.59 Å². The molecule has 1 aromatic rings. The standard InChI is InChI=1S/C24H35N3O2S/c1-4-6-13-19(14-7-5-2)25-23-26-22(29)24(3,30-23)17-21(28)27-16-10-12-18-11-8-9-15-20(18)27/h8-9,11,15,19H,4-7,10,12-14,16-17H2,1-3H3,(H,25,26,29). The van der Waals surface area contributed by atoms with E-state index in [1.807, 2.05) is 30.0 Å². The van der Waals surface area contributed by atoms with Gasteiger partial charge < -0.3 is 10.2 Å². The molecule has 5 nitrogen and oxygen atoms in total. The van der Waals surface area contributed by atoms with Crippen molar-refractivity contribution in [3.8, 4) is 0 Å². The van der Waals surface area contributed by atoms with E-state index >= 15 is 0 Å². The summed E-state index contributed by atoms with van der Waals surface area (Å²) in [5.74, 6) is -0.0864. The van der Waals surface area contributed by atoms with Crippen molar-refractivity contribution in [1.29, 1.82) is 0 Å². The third kappa shape index (κ3) is 5.45. The number of nitrogens with zero attached hydrogens (tertiary/aromatic N) is 2. The lowest BCUT2D eigenvalue weighted by Crippen LogP contribution is -2.42. The molecular formula is C24H35N3O2S. The maximum absolute atomic E-state index is 13.2. The van der Waals surface area contributed by atoms with Gasteiger partial charge in [0.25, 0.3) is 0 Å². The Kier molecular flexibility index (Phi) is 7.98. The molecule has 2 amide bonds. The third-order valence-corrected chi connectivity index (χ3v) is 7.19. The van der Waals surface area contributed by atoms with E-state index in [0.717, 1.165) is 63.6 Å². The van der Waals surface area contributed by atoms with Gasteiger partial charge in [-0.1, -0.05) is 69.5 Å². The number of unbranched alkanes of at least 4 members (excludes halogenated alkanes) is 2. The Hall–Kier alpha value is -1.82. The molecule has 6 heteroatoms. The lowest BCUT2D eigenvalue weighted by molar-refractivity contribution is -0.126. The van der Waals surface area contributed by atoms with Crippen LogP contribution in [0, 0.1) is 0 Å². The largest absolute Gasteiger partial charge is 0.312 e. The number of hydrogen-bond acceptors (Lipinski definition) is 4. The molecule has 0 bridgehead atoms. The number of carbonyl (C=O) groups excluding carboxylic acids is 2. The Morgan fingerprint density at radius 2 is 1.93 bits per heavy atom. The van der Waals surface area contributed by atoms with E-state index in [0.29, 0.717) is 5.17 Å². The fraction of sp³-hybridized carbons (Fsp3) is 0.625. The second-order valence-corrected chi connectivity index (χ2v) is 10.1. The first-order valence-electron chi connectivity index (χ1n) is 11.4. The van der Waals surface area contributed by atoms with Crippen molar-refractivity contribution in [2.45, 2.75) is 89.3 Å². The normalized spacial score (nSPS) is 22.5. The van der Waals surface area contributed by atoms with Crippen molar-refractivity contribution in [2.75, 3.05) is 11.4 Å². The topological polar surface area (TPSA) is 61.8 Å². The van der Waals surface area contributed by atoms with Crippen LogP contribution in [0.25, 0.3) is 0 Å². The van der Waals surface area contributed by atoms with Gasteiger partial charge in [0.2, 0.25) is 11.8 Å². The quantitative estimate of drug-likeness (QED) is 0.595. The number of aliphatic imine (C=N–C) groups is 1. The monoisotopic (exact) mass is 429 g/mol. The summed E-state index contributed by atoms with van der Waals surface area (Å²) in [4.78, 5) is 32.7. The van der Waals surface area contributed by atoms with Crippen LogP contribution in [0.15, 0.2) is 29.3 Å². The smallest absolute Gasteiger partial charge is 0.242 e. The first-order valence-corrected chi connectivity index (χ1v) is 12.2. The Bertz CT molecular complexity index is 786. The third-order valence-electron chi connectivity index (χ3n) is 6.00. The molecule has 164 valence electrons. The van der Waals surface area contributed by atoms with Crippen LogP contribution in [0.5, 0.6) is 0 Å². The zero-order valence-corrected chi connectivity index (χ0v) is 19.4. The lowest BCUT2D eigenvalue weighted by Gasteiger charge is -2.31. The van der Waals surface area contributed by atoms with Gasteiger partial charge in [0.05, 0.1) is 12.5 Å². The number of thioether (sulfide) groups is 1. The maximum Gasteiger partial charge on any atom is 0.242 e. The summed E-state index contributed by atoms with van der Waals surface area (Å²) in [6.45, 7) is 6.97. The van der Waals surface area contributed by atoms with Crippen LogP contribution in [0.3, 0.4) is 0 Å². The lowest BCUT2D eigenvalue weighted by atomic mass is 9.99. The first-order chi connectivity index (χ1) is 14.5. The minimum atomic E-state index is -0.803. The second kappa shape index (κ2) is 10.5. The number of rotatable bonds is 9. The van der Waals surface area contributed by atoms with Gasteiger partial charge in [-0.15, -0.1) is 0 Å². The number of aryl methyl sites for hydroxylation is 1. The van der Waals surface area contributed by atoms with E-state index < -0.39 is 4.75 Å². The summed E-state index contributed by atoms with van der Waals surface area (Å²) in [6, 6.07) is 8.34. The molecule has 0 spiro atoms. The van der Waals surface area contributed by atoms with Crippen molar-refractivity contribution in [3.05, 3.63) is 29.8 Å². The first kappa shape index (κ1) is 22.9. The summed E-state index contributed by atoms with van der Waals surface area (Å²) >= 11 is 1.43. The number of hydrogen-bond donors (Lipinski definition) is 1. The summed E-state index contributed by atoms with van der Waals surface area (Å²) in [5, 5.41) is 3.65. The molecule has 30 heavy (non-hydrogen) atoms. The number of para-hydroxylation sites is 1. The highest BCUT2D eigenvalue weighted by atomic mass is 32.2. The number of benzene rings is 1. The average molecular weight is 430 g/mol. The van der Waals surface area contributed by atoms with E-state index in [-0.39, 0.29) is 24.3 Å². The van der Waals surface area contributed by atoms with Gasteiger partial charge >= 0.3 is 0 Å². The highest BCUT2D eigenvalue weighted by molar-refractivity contribution is 8.16. The molecule has 1 N–H and O–H groups in total. The molecule has 0 saturated carbocycles. The van der Waals surface area contributed by atoms with Crippen LogP contribution in [-0.2, 0) is 16.0 Å². The summed E-state index contributed by atoms with van der Waals surface area (Å²) in [7, 11) is 0. The Morgan fingerprint density at radius 1 is 1.23 bits per heavy atom. The van der Waals surface area contributed by atoms with E-state index in [1.165, 1.54) is 17.3 Å². The van der Waals surface area contributed by atoms with Crippen LogP contribution in [0.2, 0.25) is 0 Å². The van der Waals surface area contributed by atoms with Gasteiger partial charge in [0, 0.05) is 12.2 Å². The number of amides is 2. The van der Waals surface area contributed by atoms with Gasteiger partial charge in [-0.2, -0.15) is 0 Å². The minimum Gasteiger partial charge on any atom is -0.312 e. The van der Waals surface area contributed by atoms with Gasteiger partial charge in [0.15, 0.2) is 5.17 Å². The number of nitrogens with one attached hydrogen (secondary N) is 1. The highest BCUT2D eigenvalue weighted by Crippen LogP contribution is 2.37. The van der Waals surface area contributed by atoms with Crippen LogP contribution in [-0.4, -0.2) is 34.3 Å². The van der Waals surface area contributed by atoms with Crippen molar-refractivity contribution in [3.63, 3.8) is 0 Å². The van der Waals surface area contributed by atoms with E-state index in [2.05, 4.69) is 25.2 Å². The minimum absolute atomic E-state index is 0.0158. The van der Waals surface area contributed by atoms with Gasteiger partial charge in [0.1, 0.15) is 4.75 Å². The fourth-order valence-electron chi connectivity index (χ4n) is 4.18. The highest BCUT2D eigenvalue weighted by Gasteiger charge is 2.45. The molecule has 0 aromatic heterocycles. The molecule has 1 atom stereocenters.